The summed E-state index contributed by atoms with van der Waals surface area (Å²) in [7, 11) is 0. The Morgan fingerprint density at radius 3 is 2.79 bits per heavy atom. The Morgan fingerprint density at radius 1 is 1.12 bits per heavy atom. The Morgan fingerprint density at radius 2 is 2.00 bits per heavy atom. The fourth-order valence-corrected chi connectivity index (χ4v) is 3.40. The predicted molar refractivity (Wildman–Crippen MR) is 95.4 cm³/mol. The second-order valence-corrected chi connectivity index (χ2v) is 6.67. The Hall–Kier alpha value is -2.17. The van der Waals surface area contributed by atoms with Crippen molar-refractivity contribution < 1.29 is 0 Å². The maximum Gasteiger partial charge on any atom is 0.0769 e. The third kappa shape index (κ3) is 3.35. The van der Waals surface area contributed by atoms with Crippen LogP contribution in [0.3, 0.4) is 0 Å². The van der Waals surface area contributed by atoms with E-state index in [1.165, 1.54) is 12.0 Å². The number of benzene rings is 1. The lowest BCUT2D eigenvalue weighted by Crippen LogP contribution is -2.20. The standard InChI is InChI=1S/C19H19ClN4/c20-17-3-5-19(6-4-17)24-11-8-18(22-24)14-23-10-7-16(13-23)15-2-1-9-21-12-15/h1-6,8-9,11-12,16H,7,10,13-14H2. The van der Waals surface area contributed by atoms with Gasteiger partial charge in [0, 0.05) is 36.7 Å². The summed E-state index contributed by atoms with van der Waals surface area (Å²) in [5.74, 6) is 0.581. The molecule has 0 spiro atoms. The first-order chi connectivity index (χ1) is 11.8. The van der Waals surface area contributed by atoms with Gasteiger partial charge in [-0.3, -0.25) is 9.88 Å². The molecule has 0 saturated carbocycles. The third-order valence-electron chi connectivity index (χ3n) is 4.55. The highest BCUT2D eigenvalue weighted by Gasteiger charge is 2.24. The molecule has 1 aliphatic heterocycles. The summed E-state index contributed by atoms with van der Waals surface area (Å²) in [6.07, 6.45) is 7.01. The maximum absolute atomic E-state index is 5.94. The lowest BCUT2D eigenvalue weighted by Gasteiger charge is -2.14. The molecule has 1 aliphatic rings. The van der Waals surface area contributed by atoms with Crippen molar-refractivity contribution in [2.45, 2.75) is 18.9 Å². The summed E-state index contributed by atoms with van der Waals surface area (Å²) in [5, 5.41) is 5.43. The van der Waals surface area contributed by atoms with Gasteiger partial charge in [-0.05, 0) is 60.8 Å². The highest BCUT2D eigenvalue weighted by atomic mass is 35.5. The molecule has 2 aromatic heterocycles. The molecule has 1 aromatic carbocycles. The zero-order valence-electron chi connectivity index (χ0n) is 13.3. The van der Waals surface area contributed by atoms with E-state index in [1.807, 2.05) is 53.6 Å². The van der Waals surface area contributed by atoms with Gasteiger partial charge in [-0.2, -0.15) is 5.10 Å². The van der Waals surface area contributed by atoms with Crippen molar-refractivity contribution in [3.63, 3.8) is 0 Å². The van der Waals surface area contributed by atoms with Crippen LogP contribution in [0, 0.1) is 0 Å². The molecule has 0 N–H and O–H groups in total. The Bertz CT molecular complexity index is 798. The van der Waals surface area contributed by atoms with E-state index in [4.69, 9.17) is 16.7 Å². The highest BCUT2D eigenvalue weighted by Crippen LogP contribution is 2.27. The molecule has 3 aromatic rings. The van der Waals surface area contributed by atoms with E-state index >= 15 is 0 Å². The second kappa shape index (κ2) is 6.75. The first-order valence-electron chi connectivity index (χ1n) is 8.21. The molecule has 24 heavy (non-hydrogen) atoms. The normalized spacial score (nSPS) is 18.1. The minimum absolute atomic E-state index is 0.581. The van der Waals surface area contributed by atoms with Crippen LogP contribution >= 0.6 is 11.6 Å². The van der Waals surface area contributed by atoms with Crippen LogP contribution in [-0.4, -0.2) is 32.8 Å². The Labute approximate surface area is 146 Å². The quantitative estimate of drug-likeness (QED) is 0.723. The summed E-state index contributed by atoms with van der Waals surface area (Å²) in [6.45, 7) is 3.06. The molecule has 1 saturated heterocycles. The summed E-state index contributed by atoms with van der Waals surface area (Å²) in [5.41, 5.74) is 3.46. The van der Waals surface area contributed by atoms with E-state index < -0.39 is 0 Å². The van der Waals surface area contributed by atoms with E-state index in [1.54, 1.807) is 0 Å². The van der Waals surface area contributed by atoms with E-state index in [0.29, 0.717) is 5.92 Å². The lowest BCUT2D eigenvalue weighted by molar-refractivity contribution is 0.322. The Balaban J connectivity index is 1.41. The minimum atomic E-state index is 0.581. The number of hydrogen-bond donors (Lipinski definition) is 0. The van der Waals surface area contributed by atoms with Crippen molar-refractivity contribution in [1.82, 2.24) is 19.7 Å². The summed E-state index contributed by atoms with van der Waals surface area (Å²) in [4.78, 5) is 6.70. The van der Waals surface area contributed by atoms with Crippen LogP contribution in [-0.2, 0) is 6.54 Å². The predicted octanol–water partition coefficient (Wildman–Crippen LogP) is 3.91. The number of hydrogen-bond acceptors (Lipinski definition) is 3. The molecule has 3 heterocycles. The smallest absolute Gasteiger partial charge is 0.0769 e. The fourth-order valence-electron chi connectivity index (χ4n) is 3.28. The van der Waals surface area contributed by atoms with Crippen molar-refractivity contribution in [3.05, 3.63) is 77.3 Å². The van der Waals surface area contributed by atoms with Crippen LogP contribution in [0.15, 0.2) is 61.1 Å². The number of aromatic nitrogens is 3. The first kappa shape index (κ1) is 15.4. The molecule has 0 bridgehead atoms. The molecule has 4 nitrogen and oxygen atoms in total. The maximum atomic E-state index is 5.94. The second-order valence-electron chi connectivity index (χ2n) is 6.24. The molecule has 0 aliphatic carbocycles. The van der Waals surface area contributed by atoms with E-state index in [-0.39, 0.29) is 0 Å². The van der Waals surface area contributed by atoms with Crippen LogP contribution in [0.4, 0.5) is 0 Å². The van der Waals surface area contributed by atoms with Gasteiger partial charge in [0.15, 0.2) is 0 Å². The van der Waals surface area contributed by atoms with Crippen molar-refractivity contribution in [2.75, 3.05) is 13.1 Å². The molecule has 4 rings (SSSR count). The molecule has 0 radical (unpaired) electrons. The molecule has 1 unspecified atom stereocenters. The average molecular weight is 339 g/mol. The van der Waals surface area contributed by atoms with Crippen LogP contribution in [0.5, 0.6) is 0 Å². The van der Waals surface area contributed by atoms with Crippen LogP contribution in [0.1, 0.15) is 23.6 Å². The zero-order valence-corrected chi connectivity index (χ0v) is 14.1. The molecular weight excluding hydrogens is 320 g/mol. The van der Waals surface area contributed by atoms with E-state index in [9.17, 15) is 0 Å². The highest BCUT2D eigenvalue weighted by molar-refractivity contribution is 6.30. The van der Waals surface area contributed by atoms with Crippen LogP contribution < -0.4 is 0 Å². The minimum Gasteiger partial charge on any atom is -0.297 e. The largest absolute Gasteiger partial charge is 0.297 e. The van der Waals surface area contributed by atoms with Gasteiger partial charge in [0.05, 0.1) is 11.4 Å². The number of likely N-dealkylation sites (tertiary alicyclic amines) is 1. The molecular formula is C19H19ClN4. The summed E-state index contributed by atoms with van der Waals surface area (Å²) >= 11 is 5.94. The first-order valence-corrected chi connectivity index (χ1v) is 8.58. The van der Waals surface area contributed by atoms with Gasteiger partial charge in [-0.15, -0.1) is 0 Å². The van der Waals surface area contributed by atoms with Gasteiger partial charge >= 0.3 is 0 Å². The monoisotopic (exact) mass is 338 g/mol. The van der Waals surface area contributed by atoms with Crippen molar-refractivity contribution in [2.24, 2.45) is 0 Å². The van der Waals surface area contributed by atoms with Gasteiger partial charge in [0.1, 0.15) is 0 Å². The zero-order chi connectivity index (χ0) is 16.4. The molecule has 0 amide bonds. The number of pyridine rings is 1. The van der Waals surface area contributed by atoms with Crippen molar-refractivity contribution in [3.8, 4) is 5.69 Å². The van der Waals surface area contributed by atoms with Crippen LogP contribution in [0.2, 0.25) is 5.02 Å². The molecule has 1 atom stereocenters. The van der Waals surface area contributed by atoms with Gasteiger partial charge in [-0.25, -0.2) is 4.68 Å². The summed E-state index contributed by atoms with van der Waals surface area (Å²) < 4.78 is 1.90. The van der Waals surface area contributed by atoms with Gasteiger partial charge in [0.2, 0.25) is 0 Å². The molecule has 1 fully saturated rings. The van der Waals surface area contributed by atoms with Crippen molar-refractivity contribution in [1.29, 1.82) is 0 Å². The topological polar surface area (TPSA) is 34.0 Å². The average Bonchev–Trinajstić information content (AvgIpc) is 3.27. The van der Waals surface area contributed by atoms with Gasteiger partial charge in [-0.1, -0.05) is 17.7 Å². The van der Waals surface area contributed by atoms with Gasteiger partial charge in [0.25, 0.3) is 0 Å². The number of nitrogens with zero attached hydrogens (tertiary/aromatic N) is 4. The Kier molecular flexibility index (Phi) is 4.32. The SMILES string of the molecule is Clc1ccc(-n2ccc(CN3CCC(c4cccnc4)C3)n2)cc1. The summed E-state index contributed by atoms with van der Waals surface area (Å²) in [6, 6.07) is 14.0. The number of rotatable bonds is 4. The fraction of sp³-hybridized carbons (Fsp3) is 0.263. The van der Waals surface area contributed by atoms with E-state index in [0.717, 1.165) is 36.0 Å². The van der Waals surface area contributed by atoms with Gasteiger partial charge < -0.3 is 0 Å². The lowest BCUT2D eigenvalue weighted by atomic mass is 10.0. The molecule has 122 valence electrons. The third-order valence-corrected chi connectivity index (χ3v) is 4.80. The van der Waals surface area contributed by atoms with E-state index in [2.05, 4.69) is 22.0 Å². The molecule has 5 heteroatoms. The van der Waals surface area contributed by atoms with Crippen molar-refractivity contribution >= 4 is 11.6 Å². The van der Waals surface area contributed by atoms with Crippen LogP contribution in [0.25, 0.3) is 5.69 Å². The number of halogens is 1.